The Balaban J connectivity index is 1.36. The molecule has 0 atom stereocenters. The van der Waals surface area contributed by atoms with Crippen molar-refractivity contribution in [1.29, 1.82) is 0 Å². The van der Waals surface area contributed by atoms with E-state index < -0.39 is 0 Å². The SMILES string of the molecule is Brc1ccc(CN2CCN(Cc3cccc4ccccc34)CC2)cc1. The van der Waals surface area contributed by atoms with Crippen molar-refractivity contribution in [3.8, 4) is 0 Å². The largest absolute Gasteiger partial charge is 0.297 e. The molecule has 0 aliphatic carbocycles. The number of hydrogen-bond donors (Lipinski definition) is 0. The van der Waals surface area contributed by atoms with Crippen LogP contribution in [0.15, 0.2) is 71.2 Å². The molecule has 1 aliphatic rings. The van der Waals surface area contributed by atoms with Crippen LogP contribution in [0.5, 0.6) is 0 Å². The molecule has 0 N–H and O–H groups in total. The quantitative estimate of drug-likeness (QED) is 0.619. The molecule has 1 heterocycles. The van der Waals surface area contributed by atoms with Crippen molar-refractivity contribution >= 4 is 26.7 Å². The molecule has 0 spiro atoms. The second-order valence-corrected chi connectivity index (χ2v) is 7.73. The number of hydrogen-bond acceptors (Lipinski definition) is 2. The van der Waals surface area contributed by atoms with Crippen molar-refractivity contribution in [3.05, 3.63) is 82.3 Å². The molecule has 0 bridgehead atoms. The normalized spacial score (nSPS) is 16.4. The van der Waals surface area contributed by atoms with Crippen LogP contribution in [0.2, 0.25) is 0 Å². The zero-order valence-corrected chi connectivity index (χ0v) is 16.0. The summed E-state index contributed by atoms with van der Waals surface area (Å²) >= 11 is 3.51. The summed E-state index contributed by atoms with van der Waals surface area (Å²) in [5, 5.41) is 2.73. The van der Waals surface area contributed by atoms with E-state index >= 15 is 0 Å². The predicted octanol–water partition coefficient (Wildman–Crippen LogP) is 4.92. The lowest BCUT2D eigenvalue weighted by molar-refractivity contribution is 0.122. The first kappa shape index (κ1) is 16.8. The monoisotopic (exact) mass is 394 g/mol. The predicted molar refractivity (Wildman–Crippen MR) is 109 cm³/mol. The van der Waals surface area contributed by atoms with Crippen LogP contribution in [0.25, 0.3) is 10.8 Å². The molecule has 1 aliphatic heterocycles. The van der Waals surface area contributed by atoms with Gasteiger partial charge in [-0.05, 0) is 34.0 Å². The number of rotatable bonds is 4. The van der Waals surface area contributed by atoms with E-state index in [4.69, 9.17) is 0 Å². The minimum Gasteiger partial charge on any atom is -0.297 e. The van der Waals surface area contributed by atoms with E-state index in [2.05, 4.69) is 92.5 Å². The first-order valence-electron chi connectivity index (χ1n) is 8.94. The van der Waals surface area contributed by atoms with E-state index in [0.29, 0.717) is 0 Å². The van der Waals surface area contributed by atoms with Crippen LogP contribution in [0.3, 0.4) is 0 Å². The number of benzene rings is 3. The topological polar surface area (TPSA) is 6.48 Å². The van der Waals surface area contributed by atoms with Gasteiger partial charge in [0.15, 0.2) is 0 Å². The summed E-state index contributed by atoms with van der Waals surface area (Å²) in [4.78, 5) is 5.14. The first-order chi connectivity index (χ1) is 12.3. The minimum absolute atomic E-state index is 1.05. The van der Waals surface area contributed by atoms with Gasteiger partial charge in [0.05, 0.1) is 0 Å². The summed E-state index contributed by atoms with van der Waals surface area (Å²) in [6.07, 6.45) is 0. The van der Waals surface area contributed by atoms with Crippen LogP contribution in [0.4, 0.5) is 0 Å². The zero-order valence-electron chi connectivity index (χ0n) is 14.4. The van der Waals surface area contributed by atoms with E-state index in [9.17, 15) is 0 Å². The zero-order chi connectivity index (χ0) is 17.1. The molecule has 0 aromatic heterocycles. The Bertz CT molecular complexity index is 831. The van der Waals surface area contributed by atoms with Gasteiger partial charge in [-0.15, -0.1) is 0 Å². The molecule has 0 radical (unpaired) electrons. The Morgan fingerprint density at radius 3 is 2.08 bits per heavy atom. The van der Waals surface area contributed by atoms with Crippen LogP contribution in [-0.2, 0) is 13.1 Å². The lowest BCUT2D eigenvalue weighted by Crippen LogP contribution is -2.45. The average molecular weight is 395 g/mol. The molecule has 3 aromatic rings. The number of halogens is 1. The van der Waals surface area contributed by atoms with E-state index in [0.717, 1.165) is 43.7 Å². The maximum Gasteiger partial charge on any atom is 0.0240 e. The molecule has 25 heavy (non-hydrogen) atoms. The van der Waals surface area contributed by atoms with Crippen molar-refractivity contribution in [2.24, 2.45) is 0 Å². The molecule has 3 heteroatoms. The summed E-state index contributed by atoms with van der Waals surface area (Å²) in [6.45, 7) is 6.66. The average Bonchev–Trinajstić information content (AvgIpc) is 2.65. The van der Waals surface area contributed by atoms with Gasteiger partial charge in [-0.25, -0.2) is 0 Å². The highest BCUT2D eigenvalue weighted by molar-refractivity contribution is 9.10. The van der Waals surface area contributed by atoms with Gasteiger partial charge in [0.1, 0.15) is 0 Å². The third-order valence-electron chi connectivity index (χ3n) is 5.06. The molecule has 1 saturated heterocycles. The van der Waals surface area contributed by atoms with Gasteiger partial charge in [0.25, 0.3) is 0 Å². The molecule has 0 unspecified atom stereocenters. The van der Waals surface area contributed by atoms with Crippen molar-refractivity contribution in [2.45, 2.75) is 13.1 Å². The molecular weight excluding hydrogens is 372 g/mol. The van der Waals surface area contributed by atoms with E-state index in [1.807, 2.05) is 0 Å². The van der Waals surface area contributed by atoms with Crippen molar-refractivity contribution in [3.63, 3.8) is 0 Å². The third kappa shape index (κ3) is 4.12. The van der Waals surface area contributed by atoms with Gasteiger partial charge in [0, 0.05) is 43.7 Å². The van der Waals surface area contributed by atoms with Gasteiger partial charge >= 0.3 is 0 Å². The third-order valence-corrected chi connectivity index (χ3v) is 5.59. The van der Waals surface area contributed by atoms with Gasteiger partial charge in [0.2, 0.25) is 0 Å². The highest BCUT2D eigenvalue weighted by atomic mass is 79.9. The standard InChI is InChI=1S/C22H23BrN2/c23-21-10-8-18(9-11-21)16-24-12-14-25(15-13-24)17-20-6-3-5-19-4-1-2-7-22(19)20/h1-11H,12-17H2. The molecule has 1 fully saturated rings. The Hall–Kier alpha value is -1.68. The van der Waals surface area contributed by atoms with Gasteiger partial charge in [-0.3, -0.25) is 9.80 Å². The smallest absolute Gasteiger partial charge is 0.0240 e. The Morgan fingerprint density at radius 2 is 1.32 bits per heavy atom. The van der Waals surface area contributed by atoms with Gasteiger partial charge in [-0.1, -0.05) is 70.5 Å². The van der Waals surface area contributed by atoms with Gasteiger partial charge < -0.3 is 0 Å². The van der Waals surface area contributed by atoms with Gasteiger partial charge in [-0.2, -0.15) is 0 Å². The lowest BCUT2D eigenvalue weighted by atomic mass is 10.0. The molecule has 0 saturated carbocycles. The summed E-state index contributed by atoms with van der Waals surface area (Å²) in [6, 6.07) is 24.1. The van der Waals surface area contributed by atoms with Crippen molar-refractivity contribution < 1.29 is 0 Å². The second-order valence-electron chi connectivity index (χ2n) is 6.82. The Morgan fingerprint density at radius 1 is 0.680 bits per heavy atom. The fourth-order valence-electron chi connectivity index (χ4n) is 3.62. The highest BCUT2D eigenvalue weighted by Crippen LogP contribution is 2.21. The minimum atomic E-state index is 1.05. The summed E-state index contributed by atoms with van der Waals surface area (Å²) < 4.78 is 1.15. The summed E-state index contributed by atoms with van der Waals surface area (Å²) in [5.74, 6) is 0. The number of nitrogens with zero attached hydrogens (tertiary/aromatic N) is 2. The highest BCUT2D eigenvalue weighted by Gasteiger charge is 2.17. The van der Waals surface area contributed by atoms with E-state index in [1.165, 1.54) is 21.9 Å². The maximum absolute atomic E-state index is 3.51. The Labute approximate surface area is 158 Å². The first-order valence-corrected chi connectivity index (χ1v) is 9.73. The fourth-order valence-corrected chi connectivity index (χ4v) is 3.89. The molecule has 4 rings (SSSR count). The second kappa shape index (κ2) is 7.69. The van der Waals surface area contributed by atoms with Crippen LogP contribution in [-0.4, -0.2) is 36.0 Å². The Kier molecular flexibility index (Phi) is 5.16. The maximum atomic E-state index is 3.51. The summed E-state index contributed by atoms with van der Waals surface area (Å²) in [5.41, 5.74) is 2.84. The van der Waals surface area contributed by atoms with Crippen molar-refractivity contribution in [2.75, 3.05) is 26.2 Å². The fraction of sp³-hybridized carbons (Fsp3) is 0.273. The van der Waals surface area contributed by atoms with Crippen LogP contribution >= 0.6 is 15.9 Å². The van der Waals surface area contributed by atoms with E-state index in [-0.39, 0.29) is 0 Å². The molecule has 3 aromatic carbocycles. The van der Waals surface area contributed by atoms with E-state index in [1.54, 1.807) is 0 Å². The van der Waals surface area contributed by atoms with Crippen LogP contribution in [0.1, 0.15) is 11.1 Å². The van der Waals surface area contributed by atoms with Crippen LogP contribution < -0.4 is 0 Å². The lowest BCUT2D eigenvalue weighted by Gasteiger charge is -2.35. The number of piperazine rings is 1. The molecule has 0 amide bonds. The van der Waals surface area contributed by atoms with Crippen molar-refractivity contribution in [1.82, 2.24) is 9.80 Å². The summed E-state index contributed by atoms with van der Waals surface area (Å²) in [7, 11) is 0. The molecule has 128 valence electrons. The van der Waals surface area contributed by atoms with Crippen LogP contribution in [0, 0.1) is 0 Å². The molecule has 2 nitrogen and oxygen atoms in total. The molecular formula is C22H23BrN2. The number of fused-ring (bicyclic) bond motifs is 1.